The number of carbonyl (C=O) groups excluding carboxylic acids is 1. The average molecular weight is 407 g/mol. The van der Waals surface area contributed by atoms with Gasteiger partial charge in [-0.3, -0.25) is 9.20 Å². The lowest BCUT2D eigenvalue weighted by Crippen LogP contribution is -2.49. The Bertz CT molecular complexity index is 1040. The number of aromatic nitrogens is 4. The number of aryl methyl sites for hydroxylation is 1. The molecule has 9 nitrogen and oxygen atoms in total. The van der Waals surface area contributed by atoms with Crippen LogP contribution in [0.4, 0.5) is 11.6 Å². The molecule has 0 unspecified atom stereocenters. The van der Waals surface area contributed by atoms with Crippen molar-refractivity contribution in [3.8, 4) is 0 Å². The third-order valence-electron chi connectivity index (χ3n) is 5.77. The van der Waals surface area contributed by atoms with Crippen LogP contribution in [0.3, 0.4) is 0 Å². The summed E-state index contributed by atoms with van der Waals surface area (Å²) in [4.78, 5) is 23.9. The number of piperazine rings is 1. The van der Waals surface area contributed by atoms with Gasteiger partial charge < -0.3 is 19.4 Å². The predicted molar refractivity (Wildman–Crippen MR) is 113 cm³/mol. The first-order chi connectivity index (χ1) is 14.7. The van der Waals surface area contributed by atoms with Crippen molar-refractivity contribution >= 4 is 23.2 Å². The van der Waals surface area contributed by atoms with Gasteiger partial charge in [0.05, 0.1) is 18.9 Å². The molecule has 5 heterocycles. The molecule has 30 heavy (non-hydrogen) atoms. The van der Waals surface area contributed by atoms with Crippen LogP contribution < -0.4 is 9.80 Å². The summed E-state index contributed by atoms with van der Waals surface area (Å²) in [6.07, 6.45) is 1.89. The summed E-state index contributed by atoms with van der Waals surface area (Å²) in [6, 6.07) is 9.81. The van der Waals surface area contributed by atoms with Gasteiger partial charge in [-0.1, -0.05) is 6.07 Å². The van der Waals surface area contributed by atoms with Crippen molar-refractivity contribution < 1.29 is 9.53 Å². The fourth-order valence-electron chi connectivity index (χ4n) is 4.11. The highest BCUT2D eigenvalue weighted by Gasteiger charge is 2.27. The summed E-state index contributed by atoms with van der Waals surface area (Å²) in [5, 5.41) is 8.83. The summed E-state index contributed by atoms with van der Waals surface area (Å²) in [7, 11) is 0. The minimum absolute atomic E-state index is 0.0274. The number of ether oxygens (including phenoxy) is 1. The third-order valence-corrected chi connectivity index (χ3v) is 5.77. The maximum absolute atomic E-state index is 13.2. The number of imidazole rings is 1. The smallest absolute Gasteiger partial charge is 0.272 e. The van der Waals surface area contributed by atoms with Gasteiger partial charge in [0.1, 0.15) is 11.3 Å². The number of rotatable bonds is 3. The monoisotopic (exact) mass is 407 g/mol. The van der Waals surface area contributed by atoms with Gasteiger partial charge >= 0.3 is 0 Å². The number of carbonyl (C=O) groups is 1. The highest BCUT2D eigenvalue weighted by atomic mass is 16.5. The maximum Gasteiger partial charge on any atom is 0.272 e. The highest BCUT2D eigenvalue weighted by Crippen LogP contribution is 2.19. The summed E-state index contributed by atoms with van der Waals surface area (Å²) in [6.45, 7) is 7.78. The fourth-order valence-corrected chi connectivity index (χ4v) is 4.11. The van der Waals surface area contributed by atoms with E-state index in [4.69, 9.17) is 4.74 Å². The highest BCUT2D eigenvalue weighted by molar-refractivity contribution is 5.94. The topological polar surface area (TPSA) is 79.1 Å². The molecule has 0 aromatic carbocycles. The van der Waals surface area contributed by atoms with Gasteiger partial charge in [0.15, 0.2) is 11.6 Å². The summed E-state index contributed by atoms with van der Waals surface area (Å²) < 4.78 is 7.27. The predicted octanol–water partition coefficient (Wildman–Crippen LogP) is 1.23. The Balaban J connectivity index is 1.25. The van der Waals surface area contributed by atoms with Crippen molar-refractivity contribution in [3.05, 3.63) is 47.9 Å². The molecule has 0 spiro atoms. The van der Waals surface area contributed by atoms with E-state index < -0.39 is 0 Å². The number of hydrogen-bond acceptors (Lipinski definition) is 7. The second kappa shape index (κ2) is 7.91. The fraction of sp³-hybridized carbons (Fsp3) is 0.429. The van der Waals surface area contributed by atoms with E-state index in [9.17, 15) is 4.79 Å². The summed E-state index contributed by atoms with van der Waals surface area (Å²) in [5.74, 6) is 1.77. The van der Waals surface area contributed by atoms with Crippen molar-refractivity contribution in [2.45, 2.75) is 6.92 Å². The van der Waals surface area contributed by atoms with Gasteiger partial charge in [-0.05, 0) is 31.2 Å². The molecule has 2 aliphatic rings. The van der Waals surface area contributed by atoms with Crippen molar-refractivity contribution in [2.75, 3.05) is 62.3 Å². The molecule has 0 bridgehead atoms. The normalized spacial score (nSPS) is 17.6. The molecule has 0 N–H and O–H groups in total. The Hall–Kier alpha value is -3.20. The Morgan fingerprint density at radius 3 is 2.23 bits per heavy atom. The van der Waals surface area contributed by atoms with Gasteiger partial charge in [0.2, 0.25) is 0 Å². The quantitative estimate of drug-likeness (QED) is 0.646. The van der Waals surface area contributed by atoms with Crippen molar-refractivity contribution in [3.63, 3.8) is 0 Å². The first kappa shape index (κ1) is 18.8. The molecule has 3 aromatic heterocycles. The number of fused-ring (bicyclic) bond motifs is 1. The second-order valence-corrected chi connectivity index (χ2v) is 7.60. The Labute approximate surface area is 174 Å². The van der Waals surface area contributed by atoms with Crippen LogP contribution in [0.25, 0.3) is 5.65 Å². The van der Waals surface area contributed by atoms with E-state index in [1.54, 1.807) is 0 Å². The van der Waals surface area contributed by atoms with Crippen molar-refractivity contribution in [1.29, 1.82) is 0 Å². The Morgan fingerprint density at radius 1 is 0.900 bits per heavy atom. The van der Waals surface area contributed by atoms with Crippen LogP contribution in [-0.2, 0) is 4.74 Å². The van der Waals surface area contributed by atoms with Crippen LogP contribution >= 0.6 is 0 Å². The van der Waals surface area contributed by atoms with Gasteiger partial charge in [-0.25, -0.2) is 4.98 Å². The molecule has 3 aromatic rings. The van der Waals surface area contributed by atoms with E-state index in [1.165, 1.54) is 0 Å². The zero-order valence-electron chi connectivity index (χ0n) is 17.1. The number of morpholine rings is 1. The lowest BCUT2D eigenvalue weighted by Gasteiger charge is -2.35. The molecule has 0 aliphatic carbocycles. The van der Waals surface area contributed by atoms with Gasteiger partial charge in [-0.2, -0.15) is 0 Å². The molecule has 2 saturated heterocycles. The maximum atomic E-state index is 13.2. The molecule has 5 rings (SSSR count). The van der Waals surface area contributed by atoms with Crippen LogP contribution in [-0.4, -0.2) is 82.9 Å². The number of nitrogens with zero attached hydrogens (tertiary/aromatic N) is 7. The van der Waals surface area contributed by atoms with Crippen LogP contribution in [0.2, 0.25) is 0 Å². The van der Waals surface area contributed by atoms with Gasteiger partial charge in [0, 0.05) is 45.5 Å². The Morgan fingerprint density at radius 2 is 1.57 bits per heavy atom. The number of pyridine rings is 1. The van der Waals surface area contributed by atoms with Crippen molar-refractivity contribution in [2.24, 2.45) is 0 Å². The van der Waals surface area contributed by atoms with E-state index in [-0.39, 0.29) is 5.91 Å². The first-order valence-corrected chi connectivity index (χ1v) is 10.3. The number of anilines is 2. The standard InChI is InChI=1S/C21H25N7O2/c1-16-20(28-7-3-2-4-17(28)22-16)21(29)27-10-8-25(9-11-27)18-5-6-19(24-23-18)26-12-14-30-15-13-26/h2-7H,8-15H2,1H3. The number of hydrogen-bond donors (Lipinski definition) is 0. The minimum atomic E-state index is 0.0274. The summed E-state index contributed by atoms with van der Waals surface area (Å²) >= 11 is 0. The largest absolute Gasteiger partial charge is 0.378 e. The van der Waals surface area contributed by atoms with Gasteiger partial charge in [0.25, 0.3) is 5.91 Å². The molecule has 0 radical (unpaired) electrons. The molecule has 1 amide bonds. The van der Waals surface area contributed by atoms with E-state index >= 15 is 0 Å². The molecule has 0 atom stereocenters. The first-order valence-electron chi connectivity index (χ1n) is 10.3. The van der Waals surface area contributed by atoms with Crippen LogP contribution in [0, 0.1) is 6.92 Å². The lowest BCUT2D eigenvalue weighted by molar-refractivity contribution is 0.0738. The van der Waals surface area contributed by atoms with E-state index in [2.05, 4.69) is 25.0 Å². The molecule has 9 heteroatoms. The van der Waals surface area contributed by atoms with E-state index in [0.717, 1.165) is 62.4 Å². The molecule has 156 valence electrons. The van der Waals surface area contributed by atoms with E-state index in [1.807, 2.05) is 52.8 Å². The Kier molecular flexibility index (Phi) is 4.96. The molecular formula is C21H25N7O2. The third kappa shape index (κ3) is 3.45. The SMILES string of the molecule is Cc1nc2ccccn2c1C(=O)N1CCN(c2ccc(N3CCOCC3)nn2)CC1. The van der Waals surface area contributed by atoms with E-state index in [0.29, 0.717) is 18.8 Å². The number of amides is 1. The van der Waals surface area contributed by atoms with Crippen LogP contribution in [0.5, 0.6) is 0 Å². The zero-order chi connectivity index (χ0) is 20.5. The molecular weight excluding hydrogens is 382 g/mol. The molecule has 2 aliphatic heterocycles. The van der Waals surface area contributed by atoms with Crippen LogP contribution in [0.1, 0.15) is 16.2 Å². The van der Waals surface area contributed by atoms with Crippen molar-refractivity contribution in [1.82, 2.24) is 24.5 Å². The lowest BCUT2D eigenvalue weighted by atomic mass is 10.2. The molecule has 0 saturated carbocycles. The zero-order valence-corrected chi connectivity index (χ0v) is 17.1. The minimum Gasteiger partial charge on any atom is -0.378 e. The van der Waals surface area contributed by atoms with Crippen LogP contribution in [0.15, 0.2) is 36.5 Å². The second-order valence-electron chi connectivity index (χ2n) is 7.60. The molecule has 2 fully saturated rings. The average Bonchev–Trinajstić information content (AvgIpc) is 3.15. The summed E-state index contributed by atoms with van der Waals surface area (Å²) in [5.41, 5.74) is 2.21. The van der Waals surface area contributed by atoms with Gasteiger partial charge in [-0.15, -0.1) is 10.2 Å².